The summed E-state index contributed by atoms with van der Waals surface area (Å²) in [7, 11) is 0. The molecule has 2 heterocycles. The molecule has 0 spiro atoms. The first-order valence-corrected chi connectivity index (χ1v) is 10.7. The largest absolute Gasteiger partial charge is 0.383 e. The Balaban J connectivity index is 1.46. The second-order valence-electron chi connectivity index (χ2n) is 8.29. The number of benzene rings is 2. The van der Waals surface area contributed by atoms with E-state index in [4.69, 9.17) is 16.0 Å². The molecule has 0 atom stereocenters. The number of amides is 1. The predicted octanol–water partition coefficient (Wildman–Crippen LogP) is 3.96. The van der Waals surface area contributed by atoms with E-state index in [0.717, 1.165) is 5.56 Å². The quantitative estimate of drug-likeness (QED) is 0.408. The number of nitrogens with zero attached hydrogens (tertiary/aromatic N) is 3. The number of aromatic nitrogens is 3. The molecule has 0 aliphatic rings. The monoisotopic (exact) mass is 461 g/mol. The Kier molecular flexibility index (Phi) is 6.27. The lowest BCUT2D eigenvalue weighted by atomic mass is 10.0. The Morgan fingerprint density at radius 1 is 1.06 bits per heavy atom. The van der Waals surface area contributed by atoms with E-state index in [2.05, 4.69) is 10.3 Å². The lowest BCUT2D eigenvalue weighted by molar-refractivity contribution is -0.118. The van der Waals surface area contributed by atoms with Crippen LogP contribution in [0.2, 0.25) is 0 Å². The highest BCUT2D eigenvalue weighted by atomic mass is 19.1. The van der Waals surface area contributed by atoms with Gasteiger partial charge in [0.2, 0.25) is 0 Å². The number of rotatable bonds is 8. The number of hydrogen-bond acceptors (Lipinski definition) is 6. The molecule has 0 saturated heterocycles. The van der Waals surface area contributed by atoms with Crippen molar-refractivity contribution in [2.75, 3.05) is 5.73 Å². The van der Waals surface area contributed by atoms with E-state index in [1.165, 1.54) is 12.1 Å². The van der Waals surface area contributed by atoms with Crippen molar-refractivity contribution < 1.29 is 18.5 Å². The van der Waals surface area contributed by atoms with E-state index < -0.39 is 5.91 Å². The molecule has 0 aliphatic carbocycles. The van der Waals surface area contributed by atoms with Gasteiger partial charge in [-0.3, -0.25) is 9.59 Å². The molecule has 0 saturated carbocycles. The van der Waals surface area contributed by atoms with Crippen LogP contribution in [0.5, 0.6) is 0 Å². The lowest BCUT2D eigenvalue weighted by Gasteiger charge is -2.06. The van der Waals surface area contributed by atoms with Crippen LogP contribution in [0.1, 0.15) is 41.6 Å². The van der Waals surface area contributed by atoms with Gasteiger partial charge in [0.25, 0.3) is 5.91 Å². The standard InChI is InChI=1S/C25H24FN5O3/c1-14(2)31-24(27)22(25(28)33)23(29-31)16-8-6-15(7-9-16)10-19(32)12-20-13-21(30-34-20)17-4-3-5-18(26)11-17/h3-9,11,13-14H,10,12,27H2,1-2H3,(H2,28,33). The minimum atomic E-state index is -0.650. The van der Waals surface area contributed by atoms with Gasteiger partial charge in [-0.1, -0.05) is 41.6 Å². The Morgan fingerprint density at radius 2 is 1.79 bits per heavy atom. The molecule has 4 rings (SSSR count). The fraction of sp³-hybridized carbons (Fsp3) is 0.200. The van der Waals surface area contributed by atoms with Crippen LogP contribution in [-0.4, -0.2) is 26.6 Å². The van der Waals surface area contributed by atoms with Crippen molar-refractivity contribution in [3.05, 3.63) is 77.3 Å². The molecule has 174 valence electrons. The maximum atomic E-state index is 13.4. The van der Waals surface area contributed by atoms with Crippen LogP contribution in [0.3, 0.4) is 0 Å². The smallest absolute Gasteiger partial charge is 0.254 e. The summed E-state index contributed by atoms with van der Waals surface area (Å²) in [6.45, 7) is 3.81. The van der Waals surface area contributed by atoms with Crippen molar-refractivity contribution in [2.45, 2.75) is 32.7 Å². The second-order valence-corrected chi connectivity index (χ2v) is 8.29. The van der Waals surface area contributed by atoms with Crippen LogP contribution < -0.4 is 11.5 Å². The number of anilines is 1. The van der Waals surface area contributed by atoms with Gasteiger partial charge in [-0.25, -0.2) is 9.07 Å². The third-order valence-electron chi connectivity index (χ3n) is 5.36. The maximum absolute atomic E-state index is 13.4. The summed E-state index contributed by atoms with van der Waals surface area (Å²) in [6, 6.07) is 14.7. The highest BCUT2D eigenvalue weighted by Gasteiger charge is 2.22. The van der Waals surface area contributed by atoms with Crippen molar-refractivity contribution in [2.24, 2.45) is 5.73 Å². The summed E-state index contributed by atoms with van der Waals surface area (Å²) < 4.78 is 20.2. The summed E-state index contributed by atoms with van der Waals surface area (Å²) >= 11 is 0. The lowest BCUT2D eigenvalue weighted by Crippen LogP contribution is -2.15. The third kappa shape index (κ3) is 4.73. The Bertz CT molecular complexity index is 1360. The van der Waals surface area contributed by atoms with Crippen molar-refractivity contribution in [1.29, 1.82) is 0 Å². The Labute approximate surface area is 195 Å². The van der Waals surface area contributed by atoms with Gasteiger partial charge in [-0.15, -0.1) is 0 Å². The van der Waals surface area contributed by atoms with Gasteiger partial charge in [0.15, 0.2) is 0 Å². The number of hydrogen-bond donors (Lipinski definition) is 2. The van der Waals surface area contributed by atoms with Crippen LogP contribution in [0.25, 0.3) is 22.5 Å². The van der Waals surface area contributed by atoms with Gasteiger partial charge in [0, 0.05) is 29.7 Å². The summed E-state index contributed by atoms with van der Waals surface area (Å²) in [6.07, 6.45) is 0.243. The van der Waals surface area contributed by atoms with Crippen molar-refractivity contribution in [1.82, 2.24) is 14.9 Å². The molecule has 4 N–H and O–H groups in total. The number of ketones is 1. The summed E-state index contributed by atoms with van der Waals surface area (Å²) in [5, 5.41) is 8.39. The fourth-order valence-corrected chi connectivity index (χ4v) is 3.73. The van der Waals surface area contributed by atoms with Crippen molar-refractivity contribution in [3.63, 3.8) is 0 Å². The van der Waals surface area contributed by atoms with E-state index in [1.54, 1.807) is 47.1 Å². The van der Waals surface area contributed by atoms with Gasteiger partial charge < -0.3 is 16.0 Å². The molecule has 2 aromatic heterocycles. The van der Waals surface area contributed by atoms with E-state index in [9.17, 15) is 14.0 Å². The number of nitrogens with two attached hydrogens (primary N) is 2. The average molecular weight is 461 g/mol. The summed E-state index contributed by atoms with van der Waals surface area (Å²) in [5.41, 5.74) is 14.7. The molecular weight excluding hydrogens is 437 g/mol. The molecule has 2 aromatic carbocycles. The SMILES string of the molecule is CC(C)n1nc(-c2ccc(CC(=O)Cc3cc(-c4cccc(F)c4)no3)cc2)c(C(N)=O)c1N. The molecule has 4 aromatic rings. The van der Waals surface area contributed by atoms with Crippen LogP contribution >= 0.6 is 0 Å². The molecule has 9 heteroatoms. The number of Topliss-reactive ketones (excluding diaryl/α,β-unsaturated/α-hetero) is 1. The van der Waals surface area contributed by atoms with Crippen molar-refractivity contribution in [3.8, 4) is 22.5 Å². The van der Waals surface area contributed by atoms with Gasteiger partial charge >= 0.3 is 0 Å². The second kappa shape index (κ2) is 9.30. The third-order valence-corrected chi connectivity index (χ3v) is 5.36. The summed E-state index contributed by atoms with van der Waals surface area (Å²) in [5.74, 6) is -0.463. The predicted molar refractivity (Wildman–Crippen MR) is 125 cm³/mol. The van der Waals surface area contributed by atoms with Crippen molar-refractivity contribution >= 4 is 17.5 Å². The van der Waals surface area contributed by atoms with Crippen LogP contribution in [-0.2, 0) is 17.6 Å². The summed E-state index contributed by atoms with van der Waals surface area (Å²) in [4.78, 5) is 24.5. The Morgan fingerprint density at radius 3 is 2.44 bits per heavy atom. The first-order chi connectivity index (χ1) is 16.2. The van der Waals surface area contributed by atoms with Crippen LogP contribution in [0, 0.1) is 5.82 Å². The minimum Gasteiger partial charge on any atom is -0.383 e. The first kappa shape index (κ1) is 22.9. The highest BCUT2D eigenvalue weighted by Crippen LogP contribution is 2.29. The van der Waals surface area contributed by atoms with Gasteiger partial charge in [-0.2, -0.15) is 5.10 Å². The molecule has 0 radical (unpaired) electrons. The number of carbonyl (C=O) groups is 2. The molecule has 0 fully saturated rings. The highest BCUT2D eigenvalue weighted by molar-refractivity contribution is 6.03. The zero-order valence-corrected chi connectivity index (χ0v) is 18.8. The molecule has 0 unspecified atom stereocenters. The number of carbonyl (C=O) groups excluding carboxylic acids is 2. The van der Waals surface area contributed by atoms with Gasteiger partial charge in [0.1, 0.15) is 40.1 Å². The minimum absolute atomic E-state index is 0.0405. The molecule has 34 heavy (non-hydrogen) atoms. The topological polar surface area (TPSA) is 130 Å². The first-order valence-electron chi connectivity index (χ1n) is 10.7. The Hall–Kier alpha value is -4.27. The average Bonchev–Trinajstić information content (AvgIpc) is 3.38. The zero-order chi connectivity index (χ0) is 24.4. The van der Waals surface area contributed by atoms with Crippen LogP contribution in [0.15, 0.2) is 59.1 Å². The molecular formula is C25H24FN5O3. The molecule has 0 bridgehead atoms. The normalized spacial score (nSPS) is 11.2. The van der Waals surface area contributed by atoms with Gasteiger partial charge in [0.05, 0.1) is 6.42 Å². The fourth-order valence-electron chi connectivity index (χ4n) is 3.73. The van der Waals surface area contributed by atoms with E-state index in [1.807, 2.05) is 13.8 Å². The van der Waals surface area contributed by atoms with E-state index in [0.29, 0.717) is 28.3 Å². The molecule has 8 nitrogen and oxygen atoms in total. The zero-order valence-electron chi connectivity index (χ0n) is 18.8. The van der Waals surface area contributed by atoms with Gasteiger partial charge in [-0.05, 0) is 31.5 Å². The number of halogens is 1. The number of primary amides is 1. The maximum Gasteiger partial charge on any atom is 0.254 e. The van der Waals surface area contributed by atoms with Crippen LogP contribution in [0.4, 0.5) is 10.2 Å². The van der Waals surface area contributed by atoms with E-state index in [-0.39, 0.29) is 41.9 Å². The molecule has 1 amide bonds. The number of nitrogen functional groups attached to an aromatic ring is 1. The molecule has 0 aliphatic heterocycles. The van der Waals surface area contributed by atoms with E-state index >= 15 is 0 Å².